The van der Waals surface area contributed by atoms with Crippen LogP contribution in [0.4, 0.5) is 0 Å². The Morgan fingerprint density at radius 1 is 0.857 bits per heavy atom. The number of allylic oxidation sites excluding steroid dienone is 4. The largest absolute Gasteiger partial charge is 0.289 e. The molecule has 0 aliphatic carbocycles. The minimum Gasteiger partial charge on any atom is -0.289 e. The van der Waals surface area contributed by atoms with Gasteiger partial charge in [0.05, 0.1) is 0 Å². The Morgan fingerprint density at radius 3 is 2.05 bits per heavy atom. The fraction of sp³-hybridized carbons (Fsp3) is 0.722. The predicted octanol–water partition coefficient (Wildman–Crippen LogP) is 5.31. The summed E-state index contributed by atoms with van der Waals surface area (Å²) in [5.41, 5.74) is 1.66. The summed E-state index contributed by atoms with van der Waals surface area (Å²) in [5.74, 6) is -0.277. The number of hydrogen-bond donors (Lipinski definition) is 2. The molecule has 0 spiro atoms. The molecule has 0 aromatic rings. The van der Waals surface area contributed by atoms with Crippen molar-refractivity contribution in [3.63, 3.8) is 0 Å². The van der Waals surface area contributed by atoms with Crippen molar-refractivity contribution >= 4 is 5.91 Å². The highest BCUT2D eigenvalue weighted by molar-refractivity contribution is 5.74. The Morgan fingerprint density at radius 2 is 1.43 bits per heavy atom. The van der Waals surface area contributed by atoms with E-state index < -0.39 is 0 Å². The fourth-order valence-corrected chi connectivity index (χ4v) is 2.15. The highest BCUT2D eigenvalue weighted by Gasteiger charge is 1.97. The lowest BCUT2D eigenvalue weighted by Crippen LogP contribution is -2.17. The molecule has 2 N–H and O–H groups in total. The predicted molar refractivity (Wildman–Crippen MR) is 89.3 cm³/mol. The van der Waals surface area contributed by atoms with Gasteiger partial charge in [-0.1, -0.05) is 63.3 Å². The topological polar surface area (TPSA) is 49.3 Å². The van der Waals surface area contributed by atoms with E-state index in [-0.39, 0.29) is 5.91 Å². The Balaban J connectivity index is 3.20. The monoisotopic (exact) mass is 295 g/mol. The summed E-state index contributed by atoms with van der Waals surface area (Å²) in [6.07, 6.45) is 22.4. The lowest BCUT2D eigenvalue weighted by Gasteiger charge is -1.99. The summed E-state index contributed by atoms with van der Waals surface area (Å²) in [4.78, 5) is 10.8. The molecule has 3 nitrogen and oxygen atoms in total. The van der Waals surface area contributed by atoms with Crippen LogP contribution in [0.3, 0.4) is 0 Å². The number of hydrogen-bond acceptors (Lipinski definition) is 2. The van der Waals surface area contributed by atoms with E-state index in [1.807, 2.05) is 0 Å². The molecule has 0 radical (unpaired) electrons. The molecule has 0 aliphatic rings. The van der Waals surface area contributed by atoms with Crippen LogP contribution in [0, 0.1) is 0 Å². The summed E-state index contributed by atoms with van der Waals surface area (Å²) < 4.78 is 0. The second-order valence-electron chi connectivity index (χ2n) is 5.52. The quantitative estimate of drug-likeness (QED) is 0.197. The van der Waals surface area contributed by atoms with E-state index in [0.29, 0.717) is 6.42 Å². The molecule has 0 aliphatic heterocycles. The third kappa shape index (κ3) is 16.9. The Hall–Kier alpha value is -1.09. The van der Waals surface area contributed by atoms with Gasteiger partial charge in [-0.25, -0.2) is 5.48 Å². The van der Waals surface area contributed by atoms with Crippen LogP contribution in [0.5, 0.6) is 0 Å². The van der Waals surface area contributed by atoms with E-state index in [0.717, 1.165) is 25.7 Å². The molecule has 3 heteroatoms. The molecule has 1 amide bonds. The molecule has 0 saturated heterocycles. The first-order chi connectivity index (χ1) is 10.3. The summed E-state index contributed by atoms with van der Waals surface area (Å²) >= 11 is 0. The standard InChI is InChI=1S/C18H33NO2/c1-2-3-4-5-6-7-8-9-10-11-12-13-14-15-16-17-18(20)19-21/h6-7,9-10,21H,2-5,8,11-17H2,1H3,(H,19,20). The van der Waals surface area contributed by atoms with Crippen LogP contribution in [0.15, 0.2) is 24.3 Å². The number of nitrogens with one attached hydrogen (secondary N) is 1. The molecule has 0 heterocycles. The molecule has 122 valence electrons. The molecule has 0 saturated carbocycles. The van der Waals surface area contributed by atoms with Gasteiger partial charge in [-0.05, 0) is 38.5 Å². The van der Waals surface area contributed by atoms with E-state index in [9.17, 15) is 4.79 Å². The van der Waals surface area contributed by atoms with Gasteiger partial charge in [-0.2, -0.15) is 0 Å². The molecule has 0 aromatic heterocycles. The van der Waals surface area contributed by atoms with E-state index in [1.165, 1.54) is 44.9 Å². The third-order valence-corrected chi connectivity index (χ3v) is 3.48. The highest BCUT2D eigenvalue weighted by Crippen LogP contribution is 2.08. The summed E-state index contributed by atoms with van der Waals surface area (Å²) in [5, 5.41) is 8.34. The van der Waals surface area contributed by atoms with Crippen molar-refractivity contribution in [3.8, 4) is 0 Å². The van der Waals surface area contributed by atoms with Crippen molar-refractivity contribution in [2.24, 2.45) is 0 Å². The number of amides is 1. The Labute approximate surface area is 130 Å². The van der Waals surface area contributed by atoms with Crippen LogP contribution in [0.1, 0.15) is 84.0 Å². The summed E-state index contributed by atoms with van der Waals surface area (Å²) in [7, 11) is 0. The summed E-state index contributed by atoms with van der Waals surface area (Å²) in [6, 6.07) is 0. The number of hydroxylamine groups is 1. The lowest BCUT2D eigenvalue weighted by atomic mass is 10.1. The van der Waals surface area contributed by atoms with Gasteiger partial charge in [0, 0.05) is 6.42 Å². The van der Waals surface area contributed by atoms with E-state index in [1.54, 1.807) is 5.48 Å². The second kappa shape index (κ2) is 17.0. The molecule has 0 rings (SSSR count). The molecule has 0 bridgehead atoms. The fourth-order valence-electron chi connectivity index (χ4n) is 2.15. The molecule has 0 aromatic carbocycles. The van der Waals surface area contributed by atoms with Crippen molar-refractivity contribution in [3.05, 3.63) is 24.3 Å². The average molecular weight is 295 g/mol. The first-order valence-electron chi connectivity index (χ1n) is 8.54. The van der Waals surface area contributed by atoms with Gasteiger partial charge in [-0.15, -0.1) is 0 Å². The van der Waals surface area contributed by atoms with Crippen LogP contribution in [0.25, 0.3) is 0 Å². The molecule has 0 fully saturated rings. The van der Waals surface area contributed by atoms with Gasteiger partial charge in [0.25, 0.3) is 0 Å². The number of carbonyl (C=O) groups excluding carboxylic acids is 1. The maximum absolute atomic E-state index is 10.8. The average Bonchev–Trinajstić information content (AvgIpc) is 2.50. The maximum Gasteiger partial charge on any atom is 0.243 e. The van der Waals surface area contributed by atoms with Gasteiger partial charge < -0.3 is 0 Å². The number of carbonyl (C=O) groups is 1. The van der Waals surface area contributed by atoms with Gasteiger partial charge in [-0.3, -0.25) is 10.0 Å². The van der Waals surface area contributed by atoms with E-state index in [4.69, 9.17) is 5.21 Å². The minimum atomic E-state index is -0.277. The Bertz CT molecular complexity index is 285. The van der Waals surface area contributed by atoms with Crippen LogP contribution in [-0.4, -0.2) is 11.1 Å². The zero-order chi connectivity index (χ0) is 15.6. The lowest BCUT2D eigenvalue weighted by molar-refractivity contribution is -0.129. The van der Waals surface area contributed by atoms with Crippen molar-refractivity contribution in [2.45, 2.75) is 84.0 Å². The van der Waals surface area contributed by atoms with Gasteiger partial charge in [0.2, 0.25) is 5.91 Å². The minimum absolute atomic E-state index is 0.277. The van der Waals surface area contributed by atoms with Gasteiger partial charge >= 0.3 is 0 Å². The van der Waals surface area contributed by atoms with Crippen molar-refractivity contribution in [2.75, 3.05) is 0 Å². The number of unbranched alkanes of at least 4 members (excludes halogenated alkanes) is 8. The molecule has 0 atom stereocenters. The van der Waals surface area contributed by atoms with Gasteiger partial charge in [0.1, 0.15) is 0 Å². The molecule has 21 heavy (non-hydrogen) atoms. The zero-order valence-corrected chi connectivity index (χ0v) is 13.7. The van der Waals surface area contributed by atoms with Crippen molar-refractivity contribution in [1.82, 2.24) is 5.48 Å². The maximum atomic E-state index is 10.8. The van der Waals surface area contributed by atoms with Gasteiger partial charge in [0.15, 0.2) is 0 Å². The van der Waals surface area contributed by atoms with Crippen LogP contribution in [-0.2, 0) is 4.79 Å². The van der Waals surface area contributed by atoms with Crippen molar-refractivity contribution < 1.29 is 10.0 Å². The van der Waals surface area contributed by atoms with E-state index in [2.05, 4.69) is 31.2 Å². The highest BCUT2D eigenvalue weighted by atomic mass is 16.5. The first-order valence-corrected chi connectivity index (χ1v) is 8.54. The Kier molecular flexibility index (Phi) is 16.1. The smallest absolute Gasteiger partial charge is 0.243 e. The zero-order valence-electron chi connectivity index (χ0n) is 13.7. The third-order valence-electron chi connectivity index (χ3n) is 3.48. The number of rotatable bonds is 14. The first kappa shape index (κ1) is 19.9. The second-order valence-corrected chi connectivity index (χ2v) is 5.52. The molecular formula is C18H33NO2. The molecule has 0 unspecified atom stereocenters. The molecular weight excluding hydrogens is 262 g/mol. The normalized spacial score (nSPS) is 11.5. The van der Waals surface area contributed by atoms with Crippen LogP contribution in [0.2, 0.25) is 0 Å². The summed E-state index contributed by atoms with van der Waals surface area (Å²) in [6.45, 7) is 2.23. The SMILES string of the molecule is CCCCCC=CCC=CCCCCCCCC(=O)NO. The van der Waals surface area contributed by atoms with E-state index >= 15 is 0 Å². The van der Waals surface area contributed by atoms with Crippen molar-refractivity contribution in [1.29, 1.82) is 0 Å². The van der Waals surface area contributed by atoms with Crippen LogP contribution >= 0.6 is 0 Å². The van der Waals surface area contributed by atoms with Crippen LogP contribution < -0.4 is 5.48 Å².